The molecule has 0 radical (unpaired) electrons. The van der Waals surface area contributed by atoms with Crippen molar-refractivity contribution in [3.63, 3.8) is 0 Å². The SMILES string of the molecule is O=C(c1ccc(Cn2nnc3ccccc32)cc1)N1CCN(C/C=C/c2ccccc2)CC1. The van der Waals surface area contributed by atoms with Gasteiger partial charge in [0.25, 0.3) is 5.91 Å². The highest BCUT2D eigenvalue weighted by molar-refractivity contribution is 5.94. The van der Waals surface area contributed by atoms with Gasteiger partial charge in [0.2, 0.25) is 0 Å². The van der Waals surface area contributed by atoms with Gasteiger partial charge in [-0.05, 0) is 35.4 Å². The first-order chi connectivity index (χ1) is 16.3. The van der Waals surface area contributed by atoms with Crippen LogP contribution in [0.1, 0.15) is 21.5 Å². The average Bonchev–Trinajstić information content (AvgIpc) is 3.28. The Balaban J connectivity index is 1.14. The van der Waals surface area contributed by atoms with Gasteiger partial charge in [-0.25, -0.2) is 4.68 Å². The number of rotatable bonds is 6. The van der Waals surface area contributed by atoms with Crippen molar-refractivity contribution in [1.82, 2.24) is 24.8 Å². The minimum Gasteiger partial charge on any atom is -0.336 e. The second-order valence-electron chi connectivity index (χ2n) is 8.34. The van der Waals surface area contributed by atoms with E-state index in [9.17, 15) is 4.79 Å². The number of benzene rings is 3. The highest BCUT2D eigenvalue weighted by Crippen LogP contribution is 2.14. The van der Waals surface area contributed by atoms with Gasteiger partial charge < -0.3 is 4.90 Å². The van der Waals surface area contributed by atoms with Gasteiger partial charge in [-0.1, -0.05) is 72.0 Å². The Morgan fingerprint density at radius 2 is 1.58 bits per heavy atom. The molecule has 1 aromatic heterocycles. The molecule has 0 spiro atoms. The minimum atomic E-state index is 0.104. The Bertz CT molecular complexity index is 1240. The lowest BCUT2D eigenvalue weighted by atomic mass is 10.1. The number of carbonyl (C=O) groups excluding carboxylic acids is 1. The van der Waals surface area contributed by atoms with E-state index in [4.69, 9.17) is 0 Å². The zero-order valence-corrected chi connectivity index (χ0v) is 18.5. The first kappa shape index (κ1) is 21.1. The summed E-state index contributed by atoms with van der Waals surface area (Å²) in [6.45, 7) is 4.83. The summed E-state index contributed by atoms with van der Waals surface area (Å²) in [6, 6.07) is 26.1. The Kier molecular flexibility index (Phi) is 6.26. The van der Waals surface area contributed by atoms with E-state index >= 15 is 0 Å². The van der Waals surface area contributed by atoms with Gasteiger partial charge in [0.1, 0.15) is 5.52 Å². The number of carbonyl (C=O) groups is 1. The molecule has 1 aliphatic rings. The van der Waals surface area contributed by atoms with Crippen LogP contribution in [0.5, 0.6) is 0 Å². The monoisotopic (exact) mass is 437 g/mol. The van der Waals surface area contributed by atoms with E-state index < -0.39 is 0 Å². The molecular weight excluding hydrogens is 410 g/mol. The van der Waals surface area contributed by atoms with Crippen molar-refractivity contribution < 1.29 is 4.79 Å². The minimum absolute atomic E-state index is 0.104. The molecule has 0 N–H and O–H groups in total. The van der Waals surface area contributed by atoms with Gasteiger partial charge in [0.15, 0.2) is 0 Å². The molecule has 0 saturated carbocycles. The molecule has 0 unspecified atom stereocenters. The van der Waals surface area contributed by atoms with Crippen LogP contribution in [0.15, 0.2) is 84.9 Å². The molecule has 1 fully saturated rings. The third-order valence-electron chi connectivity index (χ3n) is 6.09. The second kappa shape index (κ2) is 9.79. The summed E-state index contributed by atoms with van der Waals surface area (Å²) < 4.78 is 1.89. The average molecular weight is 438 g/mol. The van der Waals surface area contributed by atoms with Gasteiger partial charge in [-0.3, -0.25) is 9.69 Å². The number of fused-ring (bicyclic) bond motifs is 1. The van der Waals surface area contributed by atoms with Crippen LogP contribution in [-0.2, 0) is 6.54 Å². The molecule has 0 bridgehead atoms. The zero-order chi connectivity index (χ0) is 22.5. The van der Waals surface area contributed by atoms with Gasteiger partial charge in [0, 0.05) is 38.3 Å². The summed E-state index contributed by atoms with van der Waals surface area (Å²) in [7, 11) is 0. The molecule has 166 valence electrons. The van der Waals surface area contributed by atoms with Crippen molar-refractivity contribution in [2.24, 2.45) is 0 Å². The van der Waals surface area contributed by atoms with Crippen LogP contribution in [-0.4, -0.2) is 63.4 Å². The van der Waals surface area contributed by atoms with E-state index in [-0.39, 0.29) is 5.91 Å². The maximum atomic E-state index is 13.0. The van der Waals surface area contributed by atoms with E-state index in [1.54, 1.807) is 0 Å². The molecule has 6 nitrogen and oxygen atoms in total. The van der Waals surface area contributed by atoms with Crippen molar-refractivity contribution in [2.45, 2.75) is 6.54 Å². The smallest absolute Gasteiger partial charge is 0.253 e. The molecule has 1 amide bonds. The fourth-order valence-corrected chi connectivity index (χ4v) is 4.18. The van der Waals surface area contributed by atoms with Crippen molar-refractivity contribution in [1.29, 1.82) is 0 Å². The normalized spacial score (nSPS) is 14.8. The summed E-state index contributed by atoms with van der Waals surface area (Å²) in [4.78, 5) is 17.3. The van der Waals surface area contributed by atoms with Gasteiger partial charge in [0.05, 0.1) is 12.1 Å². The lowest BCUT2D eigenvalue weighted by Gasteiger charge is -2.34. The maximum absolute atomic E-state index is 13.0. The van der Waals surface area contributed by atoms with Crippen molar-refractivity contribution >= 4 is 23.0 Å². The summed E-state index contributed by atoms with van der Waals surface area (Å²) in [6.07, 6.45) is 4.35. The van der Waals surface area contributed by atoms with Crippen molar-refractivity contribution in [2.75, 3.05) is 32.7 Å². The number of hydrogen-bond acceptors (Lipinski definition) is 4. The molecule has 0 atom stereocenters. The molecule has 1 aliphatic heterocycles. The number of aromatic nitrogens is 3. The maximum Gasteiger partial charge on any atom is 0.253 e. The molecule has 2 heterocycles. The molecule has 3 aromatic carbocycles. The zero-order valence-electron chi connectivity index (χ0n) is 18.5. The standard InChI is InChI=1S/C27H27N5O/c33-27(31-19-17-30(18-20-31)16-6-9-22-7-2-1-3-8-22)24-14-12-23(13-15-24)21-32-26-11-5-4-10-25(26)28-29-32/h1-15H,16-21H2/b9-6+. The quantitative estimate of drug-likeness (QED) is 0.458. The summed E-state index contributed by atoms with van der Waals surface area (Å²) in [5, 5.41) is 8.45. The molecule has 4 aromatic rings. The van der Waals surface area contributed by atoms with Crippen molar-refractivity contribution in [3.8, 4) is 0 Å². The Hall–Kier alpha value is -3.77. The lowest BCUT2D eigenvalue weighted by molar-refractivity contribution is 0.0650. The second-order valence-corrected chi connectivity index (χ2v) is 8.34. The van der Waals surface area contributed by atoms with Crippen molar-refractivity contribution in [3.05, 3.63) is 102 Å². The molecule has 0 aliphatic carbocycles. The number of nitrogens with zero attached hydrogens (tertiary/aromatic N) is 5. The molecule has 1 saturated heterocycles. The Morgan fingerprint density at radius 3 is 2.36 bits per heavy atom. The highest BCUT2D eigenvalue weighted by atomic mass is 16.2. The van der Waals surface area contributed by atoms with Crippen LogP contribution in [0.3, 0.4) is 0 Å². The number of hydrogen-bond donors (Lipinski definition) is 0. The summed E-state index contributed by atoms with van der Waals surface area (Å²) in [5.74, 6) is 0.104. The molecule has 33 heavy (non-hydrogen) atoms. The van der Waals surface area contributed by atoms with E-state index in [2.05, 4.69) is 39.5 Å². The fourth-order valence-electron chi connectivity index (χ4n) is 4.18. The van der Waals surface area contributed by atoms with E-state index in [1.165, 1.54) is 5.56 Å². The van der Waals surface area contributed by atoms with Gasteiger partial charge in [-0.2, -0.15) is 0 Å². The fraction of sp³-hybridized carbons (Fsp3) is 0.222. The predicted octanol–water partition coefficient (Wildman–Crippen LogP) is 3.95. The Labute approximate surface area is 193 Å². The van der Waals surface area contributed by atoms with Crippen LogP contribution < -0.4 is 0 Å². The highest BCUT2D eigenvalue weighted by Gasteiger charge is 2.21. The molecule has 5 rings (SSSR count). The third-order valence-corrected chi connectivity index (χ3v) is 6.09. The Morgan fingerprint density at radius 1 is 0.848 bits per heavy atom. The summed E-state index contributed by atoms with van der Waals surface area (Å²) in [5.41, 5.74) is 4.94. The molecular formula is C27H27N5O. The lowest BCUT2D eigenvalue weighted by Crippen LogP contribution is -2.48. The van der Waals surface area contributed by atoms with Crippen LogP contribution in [0.4, 0.5) is 0 Å². The van der Waals surface area contributed by atoms with Crippen LogP contribution in [0.25, 0.3) is 17.1 Å². The number of para-hydroxylation sites is 1. The van der Waals surface area contributed by atoms with E-state index in [0.717, 1.165) is 54.9 Å². The van der Waals surface area contributed by atoms with Gasteiger partial charge in [-0.15, -0.1) is 5.10 Å². The first-order valence-electron chi connectivity index (χ1n) is 11.4. The van der Waals surface area contributed by atoms with Gasteiger partial charge >= 0.3 is 0 Å². The van der Waals surface area contributed by atoms with Crippen LogP contribution >= 0.6 is 0 Å². The largest absolute Gasteiger partial charge is 0.336 e. The summed E-state index contributed by atoms with van der Waals surface area (Å²) >= 11 is 0. The van der Waals surface area contributed by atoms with Crippen LogP contribution in [0, 0.1) is 0 Å². The van der Waals surface area contributed by atoms with Crippen LogP contribution in [0.2, 0.25) is 0 Å². The molecule has 6 heteroatoms. The number of piperazine rings is 1. The van der Waals surface area contributed by atoms with E-state index in [1.807, 2.05) is 76.3 Å². The first-order valence-corrected chi connectivity index (χ1v) is 11.4. The predicted molar refractivity (Wildman–Crippen MR) is 131 cm³/mol. The topological polar surface area (TPSA) is 54.3 Å². The van der Waals surface area contributed by atoms with E-state index in [0.29, 0.717) is 6.54 Å². The third kappa shape index (κ3) is 5.02. The number of amides is 1.